The van der Waals surface area contributed by atoms with Crippen molar-refractivity contribution in [2.45, 2.75) is 13.3 Å². The number of hydrogen-bond donors (Lipinski definition) is 0. The van der Waals surface area contributed by atoms with Crippen molar-refractivity contribution in [3.63, 3.8) is 0 Å². The van der Waals surface area contributed by atoms with E-state index in [0.717, 1.165) is 24.4 Å². The molecule has 82 valence electrons. The van der Waals surface area contributed by atoms with Gasteiger partial charge in [-0.05, 0) is 24.1 Å². The van der Waals surface area contributed by atoms with Crippen LogP contribution in [0.2, 0.25) is 0 Å². The smallest absolute Gasteiger partial charge is 0.225 e. The minimum atomic E-state index is -0.600. The molecule has 0 atom stereocenters. The average Bonchev–Trinajstić information content (AvgIpc) is 2.29. The maximum Gasteiger partial charge on any atom is 0.225 e. The molecule has 0 fully saturated rings. The molecule has 1 aromatic carbocycles. The van der Waals surface area contributed by atoms with Gasteiger partial charge in [0.2, 0.25) is 11.8 Å². The van der Waals surface area contributed by atoms with E-state index < -0.39 is 5.95 Å². The highest BCUT2D eigenvalue weighted by molar-refractivity contribution is 5.31. The summed E-state index contributed by atoms with van der Waals surface area (Å²) in [4.78, 5) is 7.17. The first-order valence-electron chi connectivity index (χ1n) is 5.02. The lowest BCUT2D eigenvalue weighted by molar-refractivity contribution is 0.450. The predicted molar refractivity (Wildman–Crippen MR) is 57.9 cm³/mol. The fraction of sp³-hybridized carbons (Fsp3) is 0.167. The lowest BCUT2D eigenvalue weighted by Gasteiger charge is -2.05. The number of benzene rings is 1. The van der Waals surface area contributed by atoms with E-state index in [9.17, 15) is 4.39 Å². The summed E-state index contributed by atoms with van der Waals surface area (Å²) in [6.45, 7) is 2.06. The molecule has 2 rings (SSSR count). The van der Waals surface area contributed by atoms with Crippen LogP contribution in [-0.4, -0.2) is 9.97 Å². The molecule has 0 amide bonds. The maximum atomic E-state index is 12.8. The Bertz CT molecular complexity index is 488. The van der Waals surface area contributed by atoms with E-state index in [1.807, 2.05) is 18.2 Å². The first-order chi connectivity index (χ1) is 7.78. The maximum absolute atomic E-state index is 12.8. The van der Waals surface area contributed by atoms with Crippen LogP contribution >= 0.6 is 0 Å². The van der Waals surface area contributed by atoms with E-state index >= 15 is 0 Å². The lowest BCUT2D eigenvalue weighted by atomic mass is 10.2. The largest absolute Gasteiger partial charge is 0.439 e. The van der Waals surface area contributed by atoms with E-state index in [2.05, 4.69) is 16.9 Å². The van der Waals surface area contributed by atoms with Crippen molar-refractivity contribution in [3.8, 4) is 11.6 Å². The molecule has 4 heteroatoms. The van der Waals surface area contributed by atoms with Crippen molar-refractivity contribution in [1.29, 1.82) is 0 Å². The summed E-state index contributed by atoms with van der Waals surface area (Å²) in [5.74, 6) is 0.259. The van der Waals surface area contributed by atoms with Gasteiger partial charge in [0.25, 0.3) is 0 Å². The molecule has 0 spiro atoms. The third-order valence-electron chi connectivity index (χ3n) is 2.14. The van der Waals surface area contributed by atoms with Crippen LogP contribution < -0.4 is 4.74 Å². The summed E-state index contributed by atoms with van der Waals surface area (Å²) in [6.07, 6.45) is 2.06. The van der Waals surface area contributed by atoms with Crippen molar-refractivity contribution in [2.75, 3.05) is 0 Å². The van der Waals surface area contributed by atoms with Crippen molar-refractivity contribution in [3.05, 3.63) is 48.2 Å². The van der Waals surface area contributed by atoms with Crippen LogP contribution in [0.1, 0.15) is 12.5 Å². The molecule has 3 nitrogen and oxygen atoms in total. The molecule has 1 heterocycles. The first-order valence-corrected chi connectivity index (χ1v) is 5.02. The van der Waals surface area contributed by atoms with E-state index in [1.54, 1.807) is 6.07 Å². The zero-order valence-corrected chi connectivity index (χ0v) is 8.85. The molecular weight excluding hydrogens is 207 g/mol. The van der Waals surface area contributed by atoms with Crippen LogP contribution in [0.25, 0.3) is 0 Å². The van der Waals surface area contributed by atoms with Gasteiger partial charge in [-0.2, -0.15) is 4.39 Å². The Morgan fingerprint density at radius 1 is 1.25 bits per heavy atom. The molecule has 0 radical (unpaired) electrons. The monoisotopic (exact) mass is 218 g/mol. The zero-order chi connectivity index (χ0) is 11.4. The third-order valence-corrected chi connectivity index (χ3v) is 2.14. The van der Waals surface area contributed by atoms with Crippen LogP contribution in [0.3, 0.4) is 0 Å². The molecule has 0 aliphatic heterocycles. The number of aryl methyl sites for hydroxylation is 1. The summed E-state index contributed by atoms with van der Waals surface area (Å²) in [7, 11) is 0. The molecule has 1 aromatic heterocycles. The predicted octanol–water partition coefficient (Wildman–Crippen LogP) is 2.97. The van der Waals surface area contributed by atoms with Gasteiger partial charge >= 0.3 is 0 Å². The molecule has 2 aromatic rings. The van der Waals surface area contributed by atoms with E-state index in [0.29, 0.717) is 5.75 Å². The van der Waals surface area contributed by atoms with Crippen LogP contribution in [0.4, 0.5) is 4.39 Å². The number of halogens is 1. The summed E-state index contributed by atoms with van der Waals surface area (Å²) in [5.41, 5.74) is 1.16. The minimum Gasteiger partial charge on any atom is -0.439 e. The van der Waals surface area contributed by atoms with Gasteiger partial charge in [-0.3, -0.25) is 0 Å². The van der Waals surface area contributed by atoms with Crippen LogP contribution in [0.15, 0.2) is 36.7 Å². The average molecular weight is 218 g/mol. The number of hydrogen-bond acceptors (Lipinski definition) is 3. The Labute approximate surface area is 92.9 Å². The number of ether oxygens (including phenoxy) is 1. The molecule has 0 bridgehead atoms. The SMILES string of the molecule is CCc1cccc(Oc2cc(F)ncn2)c1. The first kappa shape index (κ1) is 10.5. The van der Waals surface area contributed by atoms with E-state index in [-0.39, 0.29) is 5.88 Å². The molecule has 0 aliphatic rings. The molecule has 0 N–H and O–H groups in total. The van der Waals surface area contributed by atoms with Gasteiger partial charge in [0.05, 0.1) is 6.07 Å². The summed E-state index contributed by atoms with van der Waals surface area (Å²) >= 11 is 0. The number of rotatable bonds is 3. The van der Waals surface area contributed by atoms with Crippen LogP contribution in [-0.2, 0) is 6.42 Å². The molecular formula is C12H11FN2O. The molecule has 16 heavy (non-hydrogen) atoms. The normalized spacial score (nSPS) is 10.1. The highest BCUT2D eigenvalue weighted by atomic mass is 19.1. The highest BCUT2D eigenvalue weighted by Crippen LogP contribution is 2.20. The Balaban J connectivity index is 2.20. The molecule has 0 aliphatic carbocycles. The zero-order valence-electron chi connectivity index (χ0n) is 8.85. The van der Waals surface area contributed by atoms with Crippen molar-refractivity contribution < 1.29 is 9.13 Å². The van der Waals surface area contributed by atoms with Gasteiger partial charge in [0.1, 0.15) is 12.1 Å². The van der Waals surface area contributed by atoms with Crippen molar-refractivity contribution >= 4 is 0 Å². The van der Waals surface area contributed by atoms with Gasteiger partial charge in [-0.1, -0.05) is 19.1 Å². The van der Waals surface area contributed by atoms with Crippen molar-refractivity contribution in [2.24, 2.45) is 0 Å². The number of nitrogens with zero attached hydrogens (tertiary/aromatic N) is 2. The third kappa shape index (κ3) is 2.53. The van der Waals surface area contributed by atoms with Crippen LogP contribution in [0.5, 0.6) is 11.6 Å². The standard InChI is InChI=1S/C12H11FN2O/c1-2-9-4-3-5-10(6-9)16-12-7-11(13)14-8-15-12/h3-8H,2H2,1H3. The fourth-order valence-electron chi connectivity index (χ4n) is 1.32. The second-order valence-corrected chi connectivity index (χ2v) is 3.28. The second-order valence-electron chi connectivity index (χ2n) is 3.28. The fourth-order valence-corrected chi connectivity index (χ4v) is 1.32. The van der Waals surface area contributed by atoms with Gasteiger partial charge in [-0.15, -0.1) is 0 Å². The van der Waals surface area contributed by atoms with E-state index in [4.69, 9.17) is 4.74 Å². The van der Waals surface area contributed by atoms with Crippen molar-refractivity contribution in [1.82, 2.24) is 9.97 Å². The van der Waals surface area contributed by atoms with Crippen LogP contribution in [0, 0.1) is 5.95 Å². The van der Waals surface area contributed by atoms with Gasteiger partial charge in [-0.25, -0.2) is 9.97 Å². The van der Waals surface area contributed by atoms with Gasteiger partial charge in [0, 0.05) is 0 Å². The molecule has 0 unspecified atom stereocenters. The summed E-state index contributed by atoms with van der Waals surface area (Å²) in [5, 5.41) is 0. The topological polar surface area (TPSA) is 35.0 Å². The Kier molecular flexibility index (Phi) is 3.10. The Hall–Kier alpha value is -1.97. The summed E-state index contributed by atoms with van der Waals surface area (Å²) < 4.78 is 18.2. The second kappa shape index (κ2) is 4.70. The molecule has 0 saturated heterocycles. The lowest BCUT2D eigenvalue weighted by Crippen LogP contribution is -1.91. The van der Waals surface area contributed by atoms with E-state index in [1.165, 1.54) is 0 Å². The summed E-state index contributed by atoms with van der Waals surface area (Å²) in [6, 6.07) is 8.76. The van der Waals surface area contributed by atoms with Gasteiger partial charge in [0.15, 0.2) is 0 Å². The quantitative estimate of drug-likeness (QED) is 0.743. The number of aromatic nitrogens is 2. The Morgan fingerprint density at radius 2 is 2.12 bits per heavy atom. The Morgan fingerprint density at radius 3 is 2.88 bits per heavy atom. The highest BCUT2D eigenvalue weighted by Gasteiger charge is 2.01. The molecule has 0 saturated carbocycles. The minimum absolute atomic E-state index is 0.209. The van der Waals surface area contributed by atoms with Gasteiger partial charge < -0.3 is 4.74 Å².